The molecule has 1 atom stereocenters. The summed E-state index contributed by atoms with van der Waals surface area (Å²) in [4.78, 5) is 0. The van der Waals surface area contributed by atoms with Crippen LogP contribution in [0.15, 0.2) is 4.40 Å². The van der Waals surface area contributed by atoms with Crippen molar-refractivity contribution in [1.29, 1.82) is 0 Å². The van der Waals surface area contributed by atoms with Crippen LogP contribution in [0.5, 0.6) is 0 Å². The van der Waals surface area contributed by atoms with E-state index in [1.807, 2.05) is 0 Å². The molecule has 0 aliphatic heterocycles. The molecule has 0 saturated heterocycles. The van der Waals surface area contributed by atoms with Crippen LogP contribution >= 0.6 is 0 Å². The van der Waals surface area contributed by atoms with Crippen molar-refractivity contribution >= 4 is 17.5 Å². The van der Waals surface area contributed by atoms with Crippen molar-refractivity contribution in [2.75, 3.05) is 0 Å². The Balaban J connectivity index is 3.10. The minimum atomic E-state index is -2.25. The van der Waals surface area contributed by atoms with Gasteiger partial charge in [0.25, 0.3) is 0 Å². The Morgan fingerprint density at radius 1 is 1.60 bits per heavy atom. The van der Waals surface area contributed by atoms with E-state index < -0.39 is 11.3 Å². The molecule has 0 fully saturated rings. The second kappa shape index (κ2) is 6.89. The minimum absolute atomic E-state index is 0.766. The Labute approximate surface area is 64.0 Å². The molecule has 0 aromatic heterocycles. The van der Waals surface area contributed by atoms with Crippen LogP contribution in [0.2, 0.25) is 0 Å². The van der Waals surface area contributed by atoms with Crippen LogP contribution in [0.3, 0.4) is 0 Å². The van der Waals surface area contributed by atoms with E-state index in [2.05, 4.69) is 11.3 Å². The Hall–Kier alpha value is -0.220. The monoisotopic (exact) mass is 162 g/mol. The lowest BCUT2D eigenvalue weighted by atomic mass is 10.2. The predicted molar refractivity (Wildman–Crippen MR) is 41.6 cm³/mol. The first-order valence-corrected chi connectivity index (χ1v) is 4.42. The van der Waals surface area contributed by atoms with Crippen molar-refractivity contribution in [2.24, 2.45) is 4.40 Å². The summed E-state index contributed by atoms with van der Waals surface area (Å²) in [5.41, 5.74) is 0. The average molecular weight is 162 g/mol. The van der Waals surface area contributed by atoms with Gasteiger partial charge in [0.15, 0.2) is 0 Å². The largest absolute Gasteiger partial charge is 0.754 e. The van der Waals surface area contributed by atoms with E-state index in [4.69, 9.17) is 0 Å². The Morgan fingerprint density at radius 3 is 2.80 bits per heavy atom. The van der Waals surface area contributed by atoms with Crippen molar-refractivity contribution in [3.63, 3.8) is 0 Å². The Bertz CT molecular complexity index is 125. The molecule has 1 unspecified atom stereocenters. The second-order valence-corrected chi connectivity index (χ2v) is 2.65. The van der Waals surface area contributed by atoms with Gasteiger partial charge in [-0.1, -0.05) is 19.8 Å². The molecule has 0 N–H and O–H groups in total. The zero-order chi connectivity index (χ0) is 7.82. The molecule has 0 aliphatic carbocycles. The summed E-state index contributed by atoms with van der Waals surface area (Å²) in [7, 11) is 0. The third-order valence-electron chi connectivity index (χ3n) is 1.10. The van der Waals surface area contributed by atoms with Gasteiger partial charge in [0, 0.05) is 6.21 Å². The third-order valence-corrected chi connectivity index (χ3v) is 1.42. The van der Waals surface area contributed by atoms with Gasteiger partial charge in [-0.15, -0.1) is 0 Å². The van der Waals surface area contributed by atoms with Gasteiger partial charge in [-0.05, 0) is 12.8 Å². The van der Waals surface area contributed by atoms with E-state index in [9.17, 15) is 8.76 Å². The molecule has 4 heteroatoms. The third kappa shape index (κ3) is 7.78. The van der Waals surface area contributed by atoms with E-state index in [0.717, 1.165) is 25.7 Å². The van der Waals surface area contributed by atoms with Crippen LogP contribution < -0.4 is 0 Å². The van der Waals surface area contributed by atoms with Gasteiger partial charge >= 0.3 is 0 Å². The van der Waals surface area contributed by atoms with Gasteiger partial charge in [0.2, 0.25) is 0 Å². The number of hydrogen-bond donors (Lipinski definition) is 0. The summed E-state index contributed by atoms with van der Waals surface area (Å²) in [5, 5.41) is 0. The van der Waals surface area contributed by atoms with Crippen molar-refractivity contribution in [1.82, 2.24) is 0 Å². The van der Waals surface area contributed by atoms with Gasteiger partial charge < -0.3 is 4.55 Å². The van der Waals surface area contributed by atoms with E-state index in [0.29, 0.717) is 0 Å². The molecule has 0 bridgehead atoms. The lowest BCUT2D eigenvalue weighted by Crippen LogP contribution is -1.82. The molecular weight excluding hydrogens is 150 g/mol. The number of hydrogen-bond acceptors (Lipinski definition) is 2. The molecular formula is C6H12NO2S-. The number of rotatable bonds is 5. The summed E-state index contributed by atoms with van der Waals surface area (Å²) in [6, 6.07) is 0. The first-order chi connectivity index (χ1) is 4.77. The molecule has 0 rings (SSSR count). The van der Waals surface area contributed by atoms with Crippen molar-refractivity contribution in [3.8, 4) is 0 Å². The predicted octanol–water partition coefficient (Wildman–Crippen LogP) is 1.43. The van der Waals surface area contributed by atoms with Crippen LogP contribution in [0, 0.1) is 0 Å². The van der Waals surface area contributed by atoms with Crippen LogP contribution in [-0.2, 0) is 11.3 Å². The summed E-state index contributed by atoms with van der Waals surface area (Å²) in [6.45, 7) is 2.10. The van der Waals surface area contributed by atoms with Gasteiger partial charge in [-0.3, -0.25) is 4.21 Å². The Morgan fingerprint density at radius 2 is 2.30 bits per heavy atom. The van der Waals surface area contributed by atoms with Gasteiger partial charge in [0.05, 0.1) is 11.3 Å². The summed E-state index contributed by atoms with van der Waals surface area (Å²) in [6.07, 6.45) is 5.52. The molecule has 0 aromatic carbocycles. The standard InChI is InChI=1S/C6H13NO2S/c1-2-3-4-5-6-7-10(8)9/h6H,2-5H2,1H3,(H,8,9)/p-1. The Kier molecular flexibility index (Phi) is 6.74. The maximum atomic E-state index is 9.83. The normalized spacial score (nSPS) is 14.2. The summed E-state index contributed by atoms with van der Waals surface area (Å²) in [5.74, 6) is 0. The zero-order valence-corrected chi connectivity index (χ0v) is 6.89. The smallest absolute Gasteiger partial charge is 0.0673 e. The fourth-order valence-electron chi connectivity index (χ4n) is 0.599. The van der Waals surface area contributed by atoms with Crippen LogP contribution in [0.1, 0.15) is 32.6 Å². The lowest BCUT2D eigenvalue weighted by molar-refractivity contribution is 0.539. The van der Waals surface area contributed by atoms with Gasteiger partial charge in [-0.25, -0.2) is 4.40 Å². The molecule has 0 aliphatic rings. The highest BCUT2D eigenvalue weighted by molar-refractivity contribution is 7.77. The van der Waals surface area contributed by atoms with E-state index >= 15 is 0 Å². The van der Waals surface area contributed by atoms with Gasteiger partial charge in [0.1, 0.15) is 0 Å². The molecule has 60 valence electrons. The second-order valence-electron chi connectivity index (χ2n) is 2.00. The molecule has 3 nitrogen and oxygen atoms in total. The van der Waals surface area contributed by atoms with Crippen LogP contribution in [0.25, 0.3) is 0 Å². The summed E-state index contributed by atoms with van der Waals surface area (Å²) < 4.78 is 22.9. The molecule has 0 saturated carbocycles. The molecule has 0 spiro atoms. The average Bonchev–Trinajstić information content (AvgIpc) is 1.87. The van der Waals surface area contributed by atoms with Crippen molar-refractivity contribution < 1.29 is 8.76 Å². The quantitative estimate of drug-likeness (QED) is 0.349. The highest BCUT2D eigenvalue weighted by atomic mass is 32.2. The highest BCUT2D eigenvalue weighted by Gasteiger charge is 1.81. The first-order valence-electron chi connectivity index (χ1n) is 3.39. The van der Waals surface area contributed by atoms with E-state index in [1.165, 1.54) is 6.21 Å². The fraction of sp³-hybridized carbons (Fsp3) is 0.833. The van der Waals surface area contributed by atoms with Crippen molar-refractivity contribution in [3.05, 3.63) is 0 Å². The van der Waals surface area contributed by atoms with E-state index in [-0.39, 0.29) is 0 Å². The SMILES string of the molecule is CCCCCC=NS(=O)[O-]. The van der Waals surface area contributed by atoms with Crippen molar-refractivity contribution in [2.45, 2.75) is 32.6 Å². The molecule has 10 heavy (non-hydrogen) atoms. The maximum absolute atomic E-state index is 9.83. The number of unbranched alkanes of at least 4 members (excludes halogenated alkanes) is 3. The topological polar surface area (TPSA) is 52.5 Å². The molecule has 0 amide bonds. The zero-order valence-electron chi connectivity index (χ0n) is 6.08. The summed E-state index contributed by atoms with van der Waals surface area (Å²) >= 11 is -2.25. The minimum Gasteiger partial charge on any atom is -0.754 e. The first kappa shape index (κ1) is 9.78. The highest BCUT2D eigenvalue weighted by Crippen LogP contribution is 1.95. The fourth-order valence-corrected chi connectivity index (χ4v) is 0.826. The van der Waals surface area contributed by atoms with E-state index in [1.54, 1.807) is 0 Å². The molecule has 0 radical (unpaired) electrons. The lowest BCUT2D eigenvalue weighted by Gasteiger charge is -1.94. The molecule has 0 heterocycles. The van der Waals surface area contributed by atoms with Gasteiger partial charge in [-0.2, -0.15) is 0 Å². The van der Waals surface area contributed by atoms with Crippen LogP contribution in [0.4, 0.5) is 0 Å². The molecule has 0 aromatic rings. The maximum Gasteiger partial charge on any atom is 0.0673 e. The number of nitrogens with zero attached hydrogens (tertiary/aromatic N) is 1. The van der Waals surface area contributed by atoms with Crippen LogP contribution in [-0.4, -0.2) is 15.0 Å².